The molecule has 0 N–H and O–H groups in total. The standard InChI is InChI=1S/C11H13Cl2NO4S2/c12-8-9-1-2-10(7-11(9)13)20(17,18)14-3-5-19(15,16)6-4-14/h1-2,7H,3-6,8H2. The monoisotopic (exact) mass is 357 g/mol. The maximum absolute atomic E-state index is 12.4. The third-order valence-corrected chi connectivity index (χ3v) is 7.25. The first-order chi connectivity index (χ1) is 9.26. The highest BCUT2D eigenvalue weighted by molar-refractivity contribution is 7.92. The van der Waals surface area contributed by atoms with Crippen LogP contribution in [0.2, 0.25) is 5.02 Å². The lowest BCUT2D eigenvalue weighted by Crippen LogP contribution is -2.43. The molecule has 2 rings (SSSR count). The molecule has 5 nitrogen and oxygen atoms in total. The summed E-state index contributed by atoms with van der Waals surface area (Å²) in [5, 5.41) is 0.283. The van der Waals surface area contributed by atoms with E-state index in [0.717, 1.165) is 0 Å². The largest absolute Gasteiger partial charge is 0.243 e. The predicted molar refractivity (Wildman–Crippen MR) is 78.4 cm³/mol. The Morgan fingerprint density at radius 2 is 1.80 bits per heavy atom. The summed E-state index contributed by atoms with van der Waals surface area (Å²) in [6, 6.07) is 4.34. The van der Waals surface area contributed by atoms with Gasteiger partial charge in [0.1, 0.15) is 0 Å². The molecular weight excluding hydrogens is 345 g/mol. The molecular formula is C11H13Cl2NO4S2. The molecule has 1 aromatic rings. The molecule has 1 aliphatic rings. The summed E-state index contributed by atoms with van der Waals surface area (Å²) < 4.78 is 48.6. The number of alkyl halides is 1. The van der Waals surface area contributed by atoms with E-state index in [0.29, 0.717) is 5.56 Å². The van der Waals surface area contributed by atoms with Crippen molar-refractivity contribution in [2.24, 2.45) is 0 Å². The minimum absolute atomic E-state index is 0.0282. The van der Waals surface area contributed by atoms with E-state index < -0.39 is 19.9 Å². The van der Waals surface area contributed by atoms with E-state index in [2.05, 4.69) is 0 Å². The number of rotatable bonds is 3. The van der Waals surface area contributed by atoms with Crippen LogP contribution in [-0.4, -0.2) is 45.7 Å². The molecule has 0 radical (unpaired) electrons. The van der Waals surface area contributed by atoms with Gasteiger partial charge in [-0.25, -0.2) is 16.8 Å². The van der Waals surface area contributed by atoms with Crippen molar-refractivity contribution in [1.29, 1.82) is 0 Å². The molecule has 1 heterocycles. The quantitative estimate of drug-likeness (QED) is 0.768. The number of hydrogen-bond donors (Lipinski definition) is 0. The SMILES string of the molecule is O=S1(=O)CCN(S(=O)(=O)c2ccc(CCl)c(Cl)c2)CC1. The van der Waals surface area contributed by atoms with Gasteiger partial charge in [0, 0.05) is 24.0 Å². The van der Waals surface area contributed by atoms with Gasteiger partial charge < -0.3 is 0 Å². The van der Waals surface area contributed by atoms with Crippen LogP contribution in [0.3, 0.4) is 0 Å². The van der Waals surface area contributed by atoms with Crippen molar-refractivity contribution in [3.05, 3.63) is 28.8 Å². The molecule has 0 unspecified atom stereocenters. The summed E-state index contributed by atoms with van der Waals surface area (Å²) >= 11 is 11.6. The van der Waals surface area contributed by atoms with Crippen LogP contribution in [0.15, 0.2) is 23.1 Å². The Morgan fingerprint density at radius 1 is 1.20 bits per heavy atom. The first kappa shape index (κ1) is 16.0. The van der Waals surface area contributed by atoms with Gasteiger partial charge in [-0.2, -0.15) is 4.31 Å². The molecule has 0 atom stereocenters. The average Bonchev–Trinajstić information content (AvgIpc) is 2.38. The smallest absolute Gasteiger partial charge is 0.229 e. The topological polar surface area (TPSA) is 71.5 Å². The van der Waals surface area contributed by atoms with Crippen LogP contribution in [0.1, 0.15) is 5.56 Å². The molecule has 112 valence electrons. The molecule has 1 saturated heterocycles. The summed E-state index contributed by atoms with van der Waals surface area (Å²) in [7, 11) is -6.84. The molecule has 0 bridgehead atoms. The Labute approximate surface area is 128 Å². The van der Waals surface area contributed by atoms with Gasteiger partial charge in [-0.1, -0.05) is 17.7 Å². The summed E-state index contributed by atoms with van der Waals surface area (Å²) in [6.07, 6.45) is 0. The predicted octanol–water partition coefficient (Wildman–Crippen LogP) is 1.50. The second kappa shape index (κ2) is 5.81. The highest BCUT2D eigenvalue weighted by Crippen LogP contribution is 2.25. The van der Waals surface area contributed by atoms with E-state index in [9.17, 15) is 16.8 Å². The van der Waals surface area contributed by atoms with Crippen molar-refractivity contribution < 1.29 is 16.8 Å². The van der Waals surface area contributed by atoms with Crippen LogP contribution in [0.4, 0.5) is 0 Å². The second-order valence-electron chi connectivity index (χ2n) is 4.44. The number of sulfone groups is 1. The number of hydrogen-bond acceptors (Lipinski definition) is 4. The number of benzene rings is 1. The molecule has 1 aromatic carbocycles. The Hall–Kier alpha value is -0.340. The number of nitrogens with zero attached hydrogens (tertiary/aromatic N) is 1. The summed E-state index contributed by atoms with van der Waals surface area (Å²) in [5.41, 5.74) is 0.647. The lowest BCUT2D eigenvalue weighted by molar-refractivity contribution is 0.431. The first-order valence-corrected chi connectivity index (χ1v) is 9.98. The Kier molecular flexibility index (Phi) is 4.66. The van der Waals surface area contributed by atoms with Gasteiger partial charge in [0.2, 0.25) is 10.0 Å². The average molecular weight is 358 g/mol. The van der Waals surface area contributed by atoms with Crippen molar-refractivity contribution in [2.75, 3.05) is 24.6 Å². The summed E-state index contributed by atoms with van der Waals surface area (Å²) in [4.78, 5) is 0.0515. The van der Waals surface area contributed by atoms with Crippen molar-refractivity contribution in [1.82, 2.24) is 4.31 Å². The fourth-order valence-corrected chi connectivity index (χ4v) is 5.40. The lowest BCUT2D eigenvalue weighted by atomic mass is 10.2. The fraction of sp³-hybridized carbons (Fsp3) is 0.455. The van der Waals surface area contributed by atoms with Gasteiger partial charge in [0.25, 0.3) is 0 Å². The Bertz CT molecular complexity index is 702. The van der Waals surface area contributed by atoms with Gasteiger partial charge in [-0.3, -0.25) is 0 Å². The Balaban J connectivity index is 2.29. The summed E-state index contributed by atoms with van der Waals surface area (Å²) in [5.74, 6) is -0.111. The minimum Gasteiger partial charge on any atom is -0.229 e. The summed E-state index contributed by atoms with van der Waals surface area (Å²) in [6.45, 7) is -0.0565. The minimum atomic E-state index is -3.72. The molecule has 0 aromatic heterocycles. The van der Waals surface area contributed by atoms with E-state index in [4.69, 9.17) is 23.2 Å². The van der Waals surface area contributed by atoms with Crippen molar-refractivity contribution in [3.8, 4) is 0 Å². The van der Waals surface area contributed by atoms with E-state index in [1.54, 1.807) is 6.07 Å². The fourth-order valence-electron chi connectivity index (χ4n) is 1.88. The zero-order valence-corrected chi connectivity index (χ0v) is 13.6. The van der Waals surface area contributed by atoms with Crippen LogP contribution in [0, 0.1) is 0 Å². The second-order valence-corrected chi connectivity index (χ2v) is 9.36. The molecule has 0 amide bonds. The Morgan fingerprint density at radius 3 is 2.30 bits per heavy atom. The van der Waals surface area contributed by atoms with Crippen LogP contribution < -0.4 is 0 Å². The van der Waals surface area contributed by atoms with Crippen molar-refractivity contribution in [3.63, 3.8) is 0 Å². The maximum atomic E-state index is 12.4. The first-order valence-electron chi connectivity index (χ1n) is 5.81. The van der Waals surface area contributed by atoms with Crippen LogP contribution in [0.25, 0.3) is 0 Å². The maximum Gasteiger partial charge on any atom is 0.243 e. The molecule has 1 aliphatic heterocycles. The third kappa shape index (κ3) is 3.28. The van der Waals surface area contributed by atoms with Gasteiger partial charge in [0.15, 0.2) is 9.84 Å². The van der Waals surface area contributed by atoms with Crippen LogP contribution >= 0.6 is 23.2 Å². The lowest BCUT2D eigenvalue weighted by Gasteiger charge is -2.26. The molecule has 0 aliphatic carbocycles. The highest BCUT2D eigenvalue weighted by Gasteiger charge is 2.31. The third-order valence-electron chi connectivity index (χ3n) is 3.11. The molecule has 9 heteroatoms. The number of sulfonamides is 1. The normalized spacial score (nSPS) is 19.9. The van der Waals surface area contributed by atoms with E-state index in [1.807, 2.05) is 0 Å². The van der Waals surface area contributed by atoms with Gasteiger partial charge in [-0.05, 0) is 17.7 Å². The van der Waals surface area contributed by atoms with Crippen molar-refractivity contribution >= 4 is 43.1 Å². The highest BCUT2D eigenvalue weighted by atomic mass is 35.5. The van der Waals surface area contributed by atoms with Gasteiger partial charge >= 0.3 is 0 Å². The van der Waals surface area contributed by atoms with Crippen LogP contribution in [0.5, 0.6) is 0 Å². The molecule has 1 fully saturated rings. The molecule has 0 spiro atoms. The zero-order chi connectivity index (χ0) is 15.0. The van der Waals surface area contributed by atoms with Gasteiger partial charge in [-0.15, -0.1) is 11.6 Å². The van der Waals surface area contributed by atoms with Crippen LogP contribution in [-0.2, 0) is 25.7 Å². The van der Waals surface area contributed by atoms with Crippen molar-refractivity contribution in [2.45, 2.75) is 10.8 Å². The van der Waals surface area contributed by atoms with Gasteiger partial charge in [0.05, 0.1) is 16.4 Å². The van der Waals surface area contributed by atoms with E-state index in [1.165, 1.54) is 16.4 Å². The molecule has 20 heavy (non-hydrogen) atoms. The van der Waals surface area contributed by atoms with E-state index >= 15 is 0 Å². The van der Waals surface area contributed by atoms with E-state index in [-0.39, 0.29) is 40.4 Å². The zero-order valence-electron chi connectivity index (χ0n) is 10.4. The number of halogens is 2. The molecule has 0 saturated carbocycles.